The molecule has 0 radical (unpaired) electrons. The van der Waals surface area contributed by atoms with E-state index < -0.39 is 10.0 Å². The second kappa shape index (κ2) is 7.40. The van der Waals surface area contributed by atoms with Crippen LogP contribution in [0.5, 0.6) is 0 Å². The van der Waals surface area contributed by atoms with Crippen LogP contribution in [0.3, 0.4) is 0 Å². The van der Waals surface area contributed by atoms with Crippen molar-refractivity contribution in [2.75, 3.05) is 18.4 Å². The van der Waals surface area contributed by atoms with Gasteiger partial charge in [0.25, 0.3) is 10.0 Å². The predicted molar refractivity (Wildman–Crippen MR) is 80.1 cm³/mol. The van der Waals surface area contributed by atoms with Gasteiger partial charge in [-0.05, 0) is 20.3 Å². The van der Waals surface area contributed by atoms with Crippen molar-refractivity contribution < 1.29 is 8.42 Å². The molecule has 1 aromatic rings. The molecule has 0 aromatic carbocycles. The van der Waals surface area contributed by atoms with E-state index in [1.807, 2.05) is 18.4 Å². The number of nitrogens with zero attached hydrogens (tertiary/aromatic N) is 3. The second-order valence-electron chi connectivity index (χ2n) is 4.36. The van der Waals surface area contributed by atoms with Crippen LogP contribution in [0, 0.1) is 6.92 Å². The summed E-state index contributed by atoms with van der Waals surface area (Å²) >= 11 is 3.31. The maximum atomic E-state index is 12.5. The third-order valence-corrected chi connectivity index (χ3v) is 5.12. The zero-order chi connectivity index (χ0) is 14.5. The minimum atomic E-state index is -3.48. The molecule has 0 fully saturated rings. The molecule has 1 aromatic heterocycles. The van der Waals surface area contributed by atoms with Gasteiger partial charge in [-0.3, -0.25) is 0 Å². The molecule has 5 nitrogen and oxygen atoms in total. The summed E-state index contributed by atoms with van der Waals surface area (Å²) in [4.78, 5) is 4.18. The summed E-state index contributed by atoms with van der Waals surface area (Å²) in [6.07, 6.45) is 3.45. The van der Waals surface area contributed by atoms with E-state index in [9.17, 15) is 8.42 Å². The van der Waals surface area contributed by atoms with Gasteiger partial charge in [-0.25, -0.2) is 13.4 Å². The summed E-state index contributed by atoms with van der Waals surface area (Å²) in [5.74, 6) is 0.732. The summed E-state index contributed by atoms with van der Waals surface area (Å²) in [6.45, 7) is 7.58. The Labute approximate surface area is 124 Å². The molecule has 0 aliphatic heterocycles. The van der Waals surface area contributed by atoms with Crippen molar-refractivity contribution in [2.24, 2.45) is 0 Å². The first-order chi connectivity index (χ1) is 8.97. The fourth-order valence-corrected chi connectivity index (χ4v) is 3.97. The Morgan fingerprint density at radius 2 is 2.05 bits per heavy atom. The number of aromatic nitrogens is 2. The molecule has 19 heavy (non-hydrogen) atoms. The molecule has 0 saturated heterocycles. The molecule has 110 valence electrons. The van der Waals surface area contributed by atoms with E-state index in [4.69, 9.17) is 0 Å². The van der Waals surface area contributed by atoms with Crippen molar-refractivity contribution in [1.82, 2.24) is 13.9 Å². The average molecular weight is 352 g/mol. The summed E-state index contributed by atoms with van der Waals surface area (Å²) in [5, 5.41) is 0.785. The van der Waals surface area contributed by atoms with Gasteiger partial charge < -0.3 is 4.57 Å². The van der Waals surface area contributed by atoms with Crippen molar-refractivity contribution in [3.05, 3.63) is 12.0 Å². The maximum absolute atomic E-state index is 12.5. The van der Waals surface area contributed by atoms with Crippen LogP contribution in [-0.2, 0) is 16.6 Å². The topological polar surface area (TPSA) is 55.2 Å². The first-order valence-corrected chi connectivity index (χ1v) is 9.13. The zero-order valence-corrected chi connectivity index (χ0v) is 14.2. The molecule has 1 rings (SSSR count). The third-order valence-electron chi connectivity index (χ3n) is 2.99. The Balaban J connectivity index is 3.03. The SMILES string of the molecule is CCCCN(CCBr)S(=O)(=O)c1cn(CC)c(C)n1. The van der Waals surface area contributed by atoms with Crippen LogP contribution in [0.15, 0.2) is 11.2 Å². The molecule has 0 bridgehead atoms. The van der Waals surface area contributed by atoms with Gasteiger partial charge in [0.1, 0.15) is 5.82 Å². The first kappa shape index (κ1) is 16.7. The minimum absolute atomic E-state index is 0.156. The van der Waals surface area contributed by atoms with E-state index in [-0.39, 0.29) is 5.03 Å². The zero-order valence-electron chi connectivity index (χ0n) is 11.8. The number of imidazole rings is 1. The minimum Gasteiger partial charge on any atom is -0.334 e. The van der Waals surface area contributed by atoms with Crippen LogP contribution in [-0.4, -0.2) is 40.7 Å². The van der Waals surface area contributed by atoms with Crippen LogP contribution in [0.25, 0.3) is 0 Å². The standard InChI is InChI=1S/C12H22BrN3O2S/c1-4-6-8-16(9-7-13)19(17,18)12-10-15(5-2)11(3)14-12/h10H,4-9H2,1-3H3. The van der Waals surface area contributed by atoms with Crippen molar-refractivity contribution >= 4 is 26.0 Å². The number of hydrogen-bond acceptors (Lipinski definition) is 3. The fourth-order valence-electron chi connectivity index (χ4n) is 1.84. The van der Waals surface area contributed by atoms with Gasteiger partial charge in [0, 0.05) is 31.2 Å². The molecule has 0 N–H and O–H groups in total. The number of hydrogen-bond donors (Lipinski definition) is 0. The lowest BCUT2D eigenvalue weighted by Crippen LogP contribution is -2.33. The number of sulfonamides is 1. The number of halogens is 1. The smallest absolute Gasteiger partial charge is 0.262 e. The Morgan fingerprint density at radius 1 is 1.37 bits per heavy atom. The quantitative estimate of drug-likeness (QED) is 0.675. The molecule has 0 atom stereocenters. The molecule has 1 heterocycles. The van der Waals surface area contributed by atoms with Gasteiger partial charge in [0.15, 0.2) is 5.03 Å². The number of aryl methyl sites for hydroxylation is 2. The molecule has 0 amide bonds. The van der Waals surface area contributed by atoms with E-state index in [0.29, 0.717) is 18.4 Å². The van der Waals surface area contributed by atoms with E-state index in [2.05, 4.69) is 27.8 Å². The van der Waals surface area contributed by atoms with Crippen LogP contribution in [0.4, 0.5) is 0 Å². The van der Waals surface area contributed by atoms with Crippen molar-refractivity contribution in [3.63, 3.8) is 0 Å². The van der Waals surface area contributed by atoms with Gasteiger partial charge in [-0.1, -0.05) is 29.3 Å². The lowest BCUT2D eigenvalue weighted by Gasteiger charge is -2.19. The molecular formula is C12H22BrN3O2S. The van der Waals surface area contributed by atoms with Gasteiger partial charge >= 0.3 is 0 Å². The van der Waals surface area contributed by atoms with E-state index in [0.717, 1.165) is 25.2 Å². The molecule has 0 spiro atoms. The Bertz CT molecular complexity index is 499. The maximum Gasteiger partial charge on any atom is 0.262 e. The van der Waals surface area contributed by atoms with Crippen LogP contribution in [0.1, 0.15) is 32.5 Å². The van der Waals surface area contributed by atoms with Gasteiger partial charge in [-0.15, -0.1) is 0 Å². The van der Waals surface area contributed by atoms with Crippen LogP contribution in [0.2, 0.25) is 0 Å². The Hall–Kier alpha value is -0.400. The lowest BCUT2D eigenvalue weighted by atomic mass is 10.3. The largest absolute Gasteiger partial charge is 0.334 e. The summed E-state index contributed by atoms with van der Waals surface area (Å²) in [6, 6.07) is 0. The van der Waals surface area contributed by atoms with Gasteiger partial charge in [0.05, 0.1) is 0 Å². The molecular weight excluding hydrogens is 330 g/mol. The average Bonchev–Trinajstić information content (AvgIpc) is 2.76. The van der Waals surface area contributed by atoms with E-state index in [1.54, 1.807) is 6.20 Å². The molecule has 0 aliphatic rings. The molecule has 0 saturated carbocycles. The molecule has 0 unspecified atom stereocenters. The Morgan fingerprint density at radius 3 is 2.53 bits per heavy atom. The normalized spacial score (nSPS) is 12.3. The Kier molecular flexibility index (Phi) is 6.49. The van der Waals surface area contributed by atoms with Crippen LogP contribution >= 0.6 is 15.9 Å². The summed E-state index contributed by atoms with van der Waals surface area (Å²) < 4.78 is 28.4. The monoisotopic (exact) mass is 351 g/mol. The molecule has 7 heteroatoms. The van der Waals surface area contributed by atoms with Gasteiger partial charge in [-0.2, -0.15) is 4.31 Å². The predicted octanol–water partition coefficient (Wildman–Crippen LogP) is 2.40. The summed E-state index contributed by atoms with van der Waals surface area (Å²) in [5.41, 5.74) is 0. The number of alkyl halides is 1. The third kappa shape index (κ3) is 4.03. The van der Waals surface area contributed by atoms with Crippen LogP contribution < -0.4 is 0 Å². The highest BCUT2D eigenvalue weighted by atomic mass is 79.9. The first-order valence-electron chi connectivity index (χ1n) is 6.57. The fraction of sp³-hybridized carbons (Fsp3) is 0.750. The van der Waals surface area contributed by atoms with Gasteiger partial charge in [0.2, 0.25) is 0 Å². The van der Waals surface area contributed by atoms with E-state index in [1.165, 1.54) is 4.31 Å². The van der Waals surface area contributed by atoms with Crippen molar-refractivity contribution in [3.8, 4) is 0 Å². The highest BCUT2D eigenvalue weighted by molar-refractivity contribution is 9.09. The number of unbranched alkanes of at least 4 members (excludes halogenated alkanes) is 1. The van der Waals surface area contributed by atoms with Crippen molar-refractivity contribution in [1.29, 1.82) is 0 Å². The summed E-state index contributed by atoms with van der Waals surface area (Å²) in [7, 11) is -3.48. The second-order valence-corrected chi connectivity index (χ2v) is 7.04. The molecule has 0 aliphatic carbocycles. The lowest BCUT2D eigenvalue weighted by molar-refractivity contribution is 0.420. The highest BCUT2D eigenvalue weighted by Crippen LogP contribution is 2.16. The number of rotatable bonds is 8. The van der Waals surface area contributed by atoms with E-state index >= 15 is 0 Å². The van der Waals surface area contributed by atoms with Crippen molar-refractivity contribution in [2.45, 2.75) is 45.2 Å². The highest BCUT2D eigenvalue weighted by Gasteiger charge is 2.26.